The first-order valence-corrected chi connectivity index (χ1v) is 18.1. The van der Waals surface area contributed by atoms with Gasteiger partial charge in [0, 0.05) is 35.8 Å². The summed E-state index contributed by atoms with van der Waals surface area (Å²) in [6.45, 7) is 5.12. The van der Waals surface area contributed by atoms with Crippen LogP contribution in [-0.4, -0.2) is 42.8 Å². The molecule has 2 aromatic carbocycles. The van der Waals surface area contributed by atoms with Gasteiger partial charge in [0.25, 0.3) is 5.91 Å². The first-order chi connectivity index (χ1) is 22.0. The molecule has 1 aliphatic carbocycles. The summed E-state index contributed by atoms with van der Waals surface area (Å²) in [5.74, 6) is -0.309. The number of aromatic nitrogens is 1. The Labute approximate surface area is 276 Å². The number of halogens is 1. The van der Waals surface area contributed by atoms with Crippen molar-refractivity contribution in [3.05, 3.63) is 100 Å². The molecule has 0 radical (unpaired) electrons. The van der Waals surface area contributed by atoms with Gasteiger partial charge in [0.2, 0.25) is 10.0 Å². The Balaban J connectivity index is 1.43. The van der Waals surface area contributed by atoms with Crippen LogP contribution in [0.15, 0.2) is 72.9 Å². The molecule has 0 spiro atoms. The van der Waals surface area contributed by atoms with Gasteiger partial charge in [0.1, 0.15) is 18.0 Å². The van der Waals surface area contributed by atoms with Gasteiger partial charge in [-0.3, -0.25) is 9.78 Å². The molecule has 244 valence electrons. The maximum Gasteiger partial charge on any atom is 0.264 e. The van der Waals surface area contributed by atoms with Gasteiger partial charge < -0.3 is 14.7 Å². The largest absolute Gasteiger partial charge is 0.487 e. The zero-order valence-corrected chi connectivity index (χ0v) is 27.9. The van der Waals surface area contributed by atoms with Crippen molar-refractivity contribution in [2.75, 3.05) is 18.0 Å². The summed E-state index contributed by atoms with van der Waals surface area (Å²) in [5, 5.41) is 12.2. The predicted octanol–water partition coefficient (Wildman–Crippen LogP) is 6.41. The smallest absolute Gasteiger partial charge is 0.264 e. The molecule has 1 aromatic heterocycles. The number of fused-ring (bicyclic) bond motifs is 3. The molecule has 0 unspecified atom stereocenters. The summed E-state index contributed by atoms with van der Waals surface area (Å²) < 4.78 is 35.5. The molecule has 1 saturated carbocycles. The van der Waals surface area contributed by atoms with Crippen LogP contribution >= 0.6 is 11.6 Å². The Morgan fingerprint density at radius 3 is 2.67 bits per heavy atom. The number of aliphatic hydroxyl groups is 1. The topological polar surface area (TPSA) is 109 Å². The number of hydrogen-bond acceptors (Lipinski definition) is 7. The summed E-state index contributed by atoms with van der Waals surface area (Å²) >= 11 is 6.34. The van der Waals surface area contributed by atoms with Gasteiger partial charge in [-0.15, -0.1) is 0 Å². The molecule has 2 N–H and O–H groups in total. The number of sulfonamides is 1. The second-order valence-electron chi connectivity index (χ2n) is 13.1. The van der Waals surface area contributed by atoms with Gasteiger partial charge in [0.05, 0.1) is 16.6 Å². The fraction of sp³-hybridized carbons (Fsp3) is 0.444. The van der Waals surface area contributed by atoms with Crippen molar-refractivity contribution < 1.29 is 23.1 Å². The molecule has 1 amide bonds. The molecule has 1 fully saturated rings. The molecule has 46 heavy (non-hydrogen) atoms. The molecule has 3 aliphatic rings. The van der Waals surface area contributed by atoms with Crippen molar-refractivity contribution in [3.63, 3.8) is 0 Å². The maximum atomic E-state index is 13.4. The van der Waals surface area contributed by atoms with Crippen LogP contribution < -0.4 is 14.4 Å². The minimum Gasteiger partial charge on any atom is -0.487 e. The summed E-state index contributed by atoms with van der Waals surface area (Å²) in [7, 11) is -3.99. The summed E-state index contributed by atoms with van der Waals surface area (Å²) in [5.41, 5.74) is 2.47. The van der Waals surface area contributed by atoms with E-state index in [0.29, 0.717) is 42.6 Å². The van der Waals surface area contributed by atoms with Gasteiger partial charge in [0.15, 0.2) is 0 Å². The molecule has 8 nitrogen and oxygen atoms in total. The number of hydrogen-bond donors (Lipinski definition) is 2. The average Bonchev–Trinajstić information content (AvgIpc) is 3.05. The zero-order chi connectivity index (χ0) is 32.5. The zero-order valence-electron chi connectivity index (χ0n) is 26.4. The van der Waals surface area contributed by atoms with Crippen LogP contribution in [0.25, 0.3) is 0 Å². The number of aryl methyl sites for hydroxylation is 1. The van der Waals surface area contributed by atoms with E-state index < -0.39 is 26.8 Å². The number of benzene rings is 2. The van der Waals surface area contributed by atoms with E-state index in [1.54, 1.807) is 31.3 Å². The van der Waals surface area contributed by atoms with E-state index in [1.165, 1.54) is 0 Å². The number of allylic oxidation sites excluding steroid dienone is 1. The van der Waals surface area contributed by atoms with E-state index >= 15 is 0 Å². The third-order valence-corrected chi connectivity index (χ3v) is 12.3. The van der Waals surface area contributed by atoms with Crippen LogP contribution in [0.4, 0.5) is 5.69 Å². The number of nitrogens with one attached hydrogen (secondary N) is 1. The Morgan fingerprint density at radius 2 is 1.91 bits per heavy atom. The van der Waals surface area contributed by atoms with Gasteiger partial charge in [-0.2, -0.15) is 0 Å². The van der Waals surface area contributed by atoms with Crippen molar-refractivity contribution in [1.82, 2.24) is 9.71 Å². The van der Waals surface area contributed by atoms with Gasteiger partial charge >= 0.3 is 0 Å². The van der Waals surface area contributed by atoms with Crippen LogP contribution in [0.5, 0.6) is 5.75 Å². The molecule has 2 bridgehead atoms. The number of carbonyl (C=O) groups excluding carboxylic acids is 1. The van der Waals surface area contributed by atoms with E-state index in [0.717, 1.165) is 48.9 Å². The fourth-order valence-electron chi connectivity index (χ4n) is 6.97. The van der Waals surface area contributed by atoms with E-state index in [2.05, 4.69) is 14.6 Å². The van der Waals surface area contributed by atoms with Gasteiger partial charge in [-0.1, -0.05) is 42.8 Å². The first kappa shape index (κ1) is 32.5. The summed E-state index contributed by atoms with van der Waals surface area (Å²) in [6, 6.07) is 16.6. The second kappa shape index (κ2) is 13.4. The Hall–Kier alpha value is -3.40. The minimum atomic E-state index is -3.99. The predicted molar refractivity (Wildman–Crippen MR) is 180 cm³/mol. The summed E-state index contributed by atoms with van der Waals surface area (Å²) in [4.78, 5) is 20.3. The Morgan fingerprint density at radius 1 is 1.07 bits per heavy atom. The third kappa shape index (κ3) is 6.68. The van der Waals surface area contributed by atoms with Crippen LogP contribution in [0.1, 0.15) is 73.1 Å². The lowest BCUT2D eigenvalue weighted by Gasteiger charge is -2.48. The van der Waals surface area contributed by atoms with E-state index in [1.807, 2.05) is 55.5 Å². The summed E-state index contributed by atoms with van der Waals surface area (Å²) in [6.07, 6.45) is 10.3. The van der Waals surface area contributed by atoms with Crippen molar-refractivity contribution in [3.8, 4) is 5.75 Å². The quantitative estimate of drug-likeness (QED) is 0.290. The lowest BCUT2D eigenvalue weighted by molar-refractivity contribution is -0.0528. The Bertz CT molecular complexity index is 1720. The van der Waals surface area contributed by atoms with Gasteiger partial charge in [-0.05, 0) is 111 Å². The average molecular weight is 664 g/mol. The van der Waals surface area contributed by atoms with E-state index in [-0.39, 0.29) is 23.3 Å². The monoisotopic (exact) mass is 663 g/mol. The van der Waals surface area contributed by atoms with Crippen molar-refractivity contribution >= 4 is 33.2 Å². The standard InChI is InChI=1S/C36H42ClN3O5S/c1-24-8-7-17-36(42,34-10-3-5-18-38-34)31-15-12-28(31)22-40-19-6-4-9-26-20-30(37)14-11-29(26)23-45-33-16-13-27(21-32(33)40)35(41)39-46(43,44)25(24)2/h3,5,7,10-11,13-14,16-18,20-21,24-25,28,31,42H,4,6,8-9,12,15,19,22-23H2,1-2H3,(H,39,41)/b17-7+/t24-,25+,28-,31+,36+/m0/s1. The number of rotatable bonds is 1. The number of carbonyl (C=O) groups is 1. The molecule has 3 aromatic rings. The van der Waals surface area contributed by atoms with Crippen molar-refractivity contribution in [1.29, 1.82) is 0 Å². The minimum absolute atomic E-state index is 0.0940. The van der Waals surface area contributed by atoms with Crippen LogP contribution in [-0.2, 0) is 28.7 Å². The molecule has 6 rings (SSSR count). The molecular weight excluding hydrogens is 622 g/mol. The molecule has 0 saturated heterocycles. The number of nitrogens with zero attached hydrogens (tertiary/aromatic N) is 2. The fourth-order valence-corrected chi connectivity index (χ4v) is 8.45. The van der Waals surface area contributed by atoms with Crippen LogP contribution in [0, 0.1) is 17.8 Å². The van der Waals surface area contributed by atoms with Crippen LogP contribution in [0.2, 0.25) is 5.02 Å². The number of ether oxygens (including phenoxy) is 1. The SMILES string of the molecule is C[C@@H]1[C@@H](C)C/C=C/[C@](O)(c2ccccn2)[C@@H]2CC[C@H]2CN2CCCCc3cc(Cl)ccc3COc3ccc(cc32)C(=O)NS1(=O)=O. The highest BCUT2D eigenvalue weighted by Gasteiger charge is 2.47. The normalized spacial score (nSPS) is 29.0. The number of pyridine rings is 1. The van der Waals surface area contributed by atoms with Crippen molar-refractivity contribution in [2.24, 2.45) is 17.8 Å². The number of anilines is 1. The molecule has 5 atom stereocenters. The van der Waals surface area contributed by atoms with Gasteiger partial charge in [-0.25, -0.2) is 13.1 Å². The van der Waals surface area contributed by atoms with Crippen LogP contribution in [0.3, 0.4) is 0 Å². The highest BCUT2D eigenvalue weighted by molar-refractivity contribution is 7.90. The second-order valence-corrected chi connectivity index (χ2v) is 15.5. The van der Waals surface area contributed by atoms with Crippen molar-refractivity contribution in [2.45, 2.75) is 69.8 Å². The lowest BCUT2D eigenvalue weighted by Crippen LogP contribution is -2.49. The van der Waals surface area contributed by atoms with E-state index in [4.69, 9.17) is 16.3 Å². The first-order valence-electron chi connectivity index (χ1n) is 16.2. The molecule has 10 heteroatoms. The lowest BCUT2D eigenvalue weighted by atomic mass is 9.63. The number of amides is 1. The molecule has 3 heterocycles. The Kier molecular flexibility index (Phi) is 9.46. The maximum absolute atomic E-state index is 13.4. The highest BCUT2D eigenvalue weighted by Crippen LogP contribution is 2.48. The molecular formula is C36H42ClN3O5S. The molecule has 2 aliphatic heterocycles. The highest BCUT2D eigenvalue weighted by atomic mass is 35.5. The van der Waals surface area contributed by atoms with E-state index in [9.17, 15) is 18.3 Å². The third-order valence-electron chi connectivity index (χ3n) is 10.2.